The molecule has 1 aromatic heterocycles. The SMILES string of the molecule is Cc1csc(CCN(C)C2CCNCC2)c1. The topological polar surface area (TPSA) is 15.3 Å². The van der Waals surface area contributed by atoms with Gasteiger partial charge < -0.3 is 10.2 Å². The maximum absolute atomic E-state index is 3.42. The summed E-state index contributed by atoms with van der Waals surface area (Å²) in [4.78, 5) is 4.06. The Labute approximate surface area is 103 Å². The van der Waals surface area contributed by atoms with E-state index in [-0.39, 0.29) is 0 Å². The van der Waals surface area contributed by atoms with Crippen molar-refractivity contribution in [3.63, 3.8) is 0 Å². The Hall–Kier alpha value is -0.380. The number of nitrogens with zero attached hydrogens (tertiary/aromatic N) is 1. The fourth-order valence-corrected chi connectivity index (χ4v) is 3.21. The first kappa shape index (κ1) is 12.1. The Morgan fingerprint density at radius 2 is 2.19 bits per heavy atom. The minimum Gasteiger partial charge on any atom is -0.317 e. The minimum absolute atomic E-state index is 0.794. The van der Waals surface area contributed by atoms with Crippen LogP contribution >= 0.6 is 11.3 Å². The van der Waals surface area contributed by atoms with Gasteiger partial charge in [0, 0.05) is 17.5 Å². The van der Waals surface area contributed by atoms with E-state index in [2.05, 4.69) is 35.6 Å². The van der Waals surface area contributed by atoms with Crippen LogP contribution in [0.3, 0.4) is 0 Å². The van der Waals surface area contributed by atoms with Gasteiger partial charge in [-0.05, 0) is 63.3 Å². The normalized spacial score (nSPS) is 18.2. The first-order valence-corrected chi connectivity index (χ1v) is 7.08. The second-order valence-electron chi connectivity index (χ2n) is 4.80. The second kappa shape index (κ2) is 5.80. The van der Waals surface area contributed by atoms with Crippen molar-refractivity contribution in [2.75, 3.05) is 26.7 Å². The van der Waals surface area contributed by atoms with Gasteiger partial charge >= 0.3 is 0 Å². The van der Waals surface area contributed by atoms with Crippen LogP contribution in [-0.2, 0) is 6.42 Å². The number of piperidine rings is 1. The van der Waals surface area contributed by atoms with Gasteiger partial charge in [-0.25, -0.2) is 0 Å². The Kier molecular flexibility index (Phi) is 4.38. The van der Waals surface area contributed by atoms with Crippen LogP contribution in [0, 0.1) is 6.92 Å². The maximum Gasteiger partial charge on any atom is 0.0116 e. The Bertz CT molecular complexity index is 315. The van der Waals surface area contributed by atoms with Gasteiger partial charge in [0.25, 0.3) is 0 Å². The van der Waals surface area contributed by atoms with Gasteiger partial charge in [-0.1, -0.05) is 0 Å². The Balaban J connectivity index is 1.76. The summed E-state index contributed by atoms with van der Waals surface area (Å²) in [5.74, 6) is 0. The first-order valence-electron chi connectivity index (χ1n) is 6.20. The van der Waals surface area contributed by atoms with Gasteiger partial charge in [0.2, 0.25) is 0 Å². The summed E-state index contributed by atoms with van der Waals surface area (Å²) in [6, 6.07) is 3.11. The van der Waals surface area contributed by atoms with Crippen molar-refractivity contribution in [2.24, 2.45) is 0 Å². The molecule has 0 aliphatic carbocycles. The third-order valence-corrected chi connectivity index (χ3v) is 4.54. The number of hydrogen-bond acceptors (Lipinski definition) is 3. The molecule has 2 nitrogen and oxygen atoms in total. The molecule has 0 amide bonds. The van der Waals surface area contributed by atoms with Crippen LogP contribution in [0.4, 0.5) is 0 Å². The van der Waals surface area contributed by atoms with Crippen molar-refractivity contribution in [1.29, 1.82) is 0 Å². The van der Waals surface area contributed by atoms with Gasteiger partial charge in [0.15, 0.2) is 0 Å². The van der Waals surface area contributed by atoms with Crippen LogP contribution in [0.25, 0.3) is 0 Å². The third-order valence-electron chi connectivity index (χ3n) is 3.43. The number of likely N-dealkylation sites (N-methyl/N-ethyl adjacent to an activating group) is 1. The monoisotopic (exact) mass is 238 g/mol. The molecule has 16 heavy (non-hydrogen) atoms. The molecule has 1 N–H and O–H groups in total. The predicted molar refractivity (Wildman–Crippen MR) is 71.3 cm³/mol. The van der Waals surface area contributed by atoms with Gasteiger partial charge in [0.05, 0.1) is 0 Å². The fourth-order valence-electron chi connectivity index (χ4n) is 2.34. The van der Waals surface area contributed by atoms with E-state index in [9.17, 15) is 0 Å². The largest absolute Gasteiger partial charge is 0.317 e. The lowest BCUT2D eigenvalue weighted by Gasteiger charge is -2.31. The van der Waals surface area contributed by atoms with E-state index in [1.54, 1.807) is 0 Å². The van der Waals surface area contributed by atoms with Crippen molar-refractivity contribution in [2.45, 2.75) is 32.2 Å². The lowest BCUT2D eigenvalue weighted by molar-refractivity contribution is 0.201. The molecule has 90 valence electrons. The quantitative estimate of drug-likeness (QED) is 0.866. The first-order chi connectivity index (χ1) is 7.75. The molecule has 0 bridgehead atoms. The highest BCUT2D eigenvalue weighted by atomic mass is 32.1. The molecule has 1 aliphatic rings. The summed E-state index contributed by atoms with van der Waals surface area (Å²) in [6.07, 6.45) is 3.82. The van der Waals surface area contributed by atoms with Crippen LogP contribution in [-0.4, -0.2) is 37.6 Å². The molecule has 2 rings (SSSR count). The van der Waals surface area contributed by atoms with Crippen LogP contribution < -0.4 is 5.32 Å². The number of thiophene rings is 1. The summed E-state index contributed by atoms with van der Waals surface area (Å²) in [5.41, 5.74) is 1.41. The van der Waals surface area contributed by atoms with Crippen LogP contribution in [0.2, 0.25) is 0 Å². The Morgan fingerprint density at radius 3 is 2.81 bits per heavy atom. The zero-order valence-corrected chi connectivity index (χ0v) is 11.1. The molecule has 1 aliphatic heterocycles. The van der Waals surface area contributed by atoms with E-state index in [0.717, 1.165) is 6.04 Å². The van der Waals surface area contributed by atoms with E-state index < -0.39 is 0 Å². The number of aryl methyl sites for hydroxylation is 1. The van der Waals surface area contributed by atoms with Crippen LogP contribution in [0.15, 0.2) is 11.4 Å². The minimum atomic E-state index is 0.794. The van der Waals surface area contributed by atoms with Crippen molar-refractivity contribution in [3.8, 4) is 0 Å². The smallest absolute Gasteiger partial charge is 0.0116 e. The second-order valence-corrected chi connectivity index (χ2v) is 5.80. The zero-order valence-electron chi connectivity index (χ0n) is 10.3. The lowest BCUT2D eigenvalue weighted by Crippen LogP contribution is -2.41. The summed E-state index contributed by atoms with van der Waals surface area (Å²) < 4.78 is 0. The van der Waals surface area contributed by atoms with Gasteiger partial charge in [-0.2, -0.15) is 0 Å². The third kappa shape index (κ3) is 3.30. The van der Waals surface area contributed by atoms with Crippen LogP contribution in [0.1, 0.15) is 23.3 Å². The molecule has 1 fully saturated rings. The molecule has 0 spiro atoms. The molecule has 0 atom stereocenters. The number of hydrogen-bond donors (Lipinski definition) is 1. The molecule has 1 aromatic rings. The standard InChI is InChI=1S/C13H22N2S/c1-11-9-13(16-10-11)5-8-15(2)12-3-6-14-7-4-12/h9-10,12,14H,3-8H2,1-2H3. The van der Waals surface area contributed by atoms with E-state index in [4.69, 9.17) is 0 Å². The number of rotatable bonds is 4. The zero-order chi connectivity index (χ0) is 11.4. The maximum atomic E-state index is 3.42. The van der Waals surface area contributed by atoms with Crippen molar-refractivity contribution >= 4 is 11.3 Å². The highest BCUT2D eigenvalue weighted by Crippen LogP contribution is 2.16. The summed E-state index contributed by atoms with van der Waals surface area (Å²) in [7, 11) is 2.27. The molecule has 0 radical (unpaired) electrons. The molecule has 0 aromatic carbocycles. The number of nitrogens with one attached hydrogen (secondary N) is 1. The van der Waals surface area contributed by atoms with Gasteiger partial charge in [-0.15, -0.1) is 11.3 Å². The molecule has 1 saturated heterocycles. The highest BCUT2D eigenvalue weighted by Gasteiger charge is 2.17. The lowest BCUT2D eigenvalue weighted by atomic mass is 10.1. The van der Waals surface area contributed by atoms with Crippen molar-refractivity contribution in [3.05, 3.63) is 21.9 Å². The summed E-state index contributed by atoms with van der Waals surface area (Å²) in [6.45, 7) is 5.75. The Morgan fingerprint density at radius 1 is 1.44 bits per heavy atom. The van der Waals surface area contributed by atoms with E-state index >= 15 is 0 Å². The van der Waals surface area contributed by atoms with Gasteiger partial charge in [0.1, 0.15) is 0 Å². The molecule has 3 heteroatoms. The van der Waals surface area contributed by atoms with Crippen molar-refractivity contribution in [1.82, 2.24) is 10.2 Å². The average Bonchev–Trinajstić information content (AvgIpc) is 2.73. The predicted octanol–water partition coefficient (Wildman–Crippen LogP) is 2.28. The van der Waals surface area contributed by atoms with E-state index in [1.807, 2.05) is 11.3 Å². The van der Waals surface area contributed by atoms with Crippen LogP contribution in [0.5, 0.6) is 0 Å². The highest BCUT2D eigenvalue weighted by molar-refractivity contribution is 7.10. The van der Waals surface area contributed by atoms with E-state index in [0.29, 0.717) is 0 Å². The average molecular weight is 238 g/mol. The van der Waals surface area contributed by atoms with Gasteiger partial charge in [-0.3, -0.25) is 0 Å². The summed E-state index contributed by atoms with van der Waals surface area (Å²) >= 11 is 1.90. The molecular formula is C13H22N2S. The molecule has 0 saturated carbocycles. The fraction of sp³-hybridized carbons (Fsp3) is 0.692. The molecular weight excluding hydrogens is 216 g/mol. The van der Waals surface area contributed by atoms with E-state index in [1.165, 1.54) is 49.3 Å². The molecule has 2 heterocycles. The van der Waals surface area contributed by atoms with Crippen molar-refractivity contribution < 1.29 is 0 Å². The summed E-state index contributed by atoms with van der Waals surface area (Å²) in [5, 5.41) is 5.67. The molecule has 0 unspecified atom stereocenters.